The lowest BCUT2D eigenvalue weighted by atomic mass is 10.1. The number of carbonyl (C=O) groups is 1. The van der Waals surface area contributed by atoms with Crippen LogP contribution in [0.4, 0.5) is 4.79 Å². The van der Waals surface area contributed by atoms with E-state index in [1.165, 1.54) is 6.33 Å². The van der Waals surface area contributed by atoms with E-state index in [4.69, 9.17) is 14.2 Å². The third kappa shape index (κ3) is 5.58. The molecular formula is C16H25N3O4. The van der Waals surface area contributed by atoms with E-state index in [-0.39, 0.29) is 12.2 Å². The number of likely N-dealkylation sites (tertiary alicyclic amines) is 1. The van der Waals surface area contributed by atoms with Gasteiger partial charge in [0.15, 0.2) is 0 Å². The second-order valence-corrected chi connectivity index (χ2v) is 6.44. The van der Waals surface area contributed by atoms with Crippen LogP contribution in [-0.2, 0) is 4.74 Å². The first-order chi connectivity index (χ1) is 10.9. The summed E-state index contributed by atoms with van der Waals surface area (Å²) in [5.41, 5.74) is -0.496. The molecule has 0 spiro atoms. The summed E-state index contributed by atoms with van der Waals surface area (Å²) in [6, 6.07) is 1.66. The van der Waals surface area contributed by atoms with E-state index in [2.05, 4.69) is 9.97 Å². The maximum Gasteiger partial charge on any atom is 0.410 e. The van der Waals surface area contributed by atoms with Gasteiger partial charge in [0.1, 0.15) is 18.0 Å². The van der Waals surface area contributed by atoms with E-state index < -0.39 is 5.60 Å². The zero-order chi connectivity index (χ0) is 16.9. The van der Waals surface area contributed by atoms with Crippen molar-refractivity contribution < 1.29 is 19.0 Å². The van der Waals surface area contributed by atoms with Crippen molar-refractivity contribution in [1.29, 1.82) is 0 Å². The van der Waals surface area contributed by atoms with Crippen molar-refractivity contribution in [2.45, 2.75) is 52.2 Å². The Bertz CT molecular complexity index is 530. The van der Waals surface area contributed by atoms with Crippen LogP contribution in [0.2, 0.25) is 0 Å². The molecule has 0 unspecified atom stereocenters. The standard InChI is InChI=1S/C16H25N3O4/c1-5-21-13-9-14(18-11-17-13)22-12-7-6-8-19(10-12)15(20)23-16(2,3)4/h9,11-12H,5-8,10H2,1-4H3/t12-/m1/s1. The Kier molecular flexibility index (Phi) is 5.63. The van der Waals surface area contributed by atoms with Crippen LogP contribution in [0.3, 0.4) is 0 Å². The number of hydrogen-bond acceptors (Lipinski definition) is 6. The molecule has 1 aliphatic heterocycles. The number of hydrogen-bond donors (Lipinski definition) is 0. The molecule has 128 valence electrons. The van der Waals surface area contributed by atoms with Crippen molar-refractivity contribution in [1.82, 2.24) is 14.9 Å². The zero-order valence-corrected chi connectivity index (χ0v) is 14.2. The number of rotatable bonds is 4. The van der Waals surface area contributed by atoms with Crippen LogP contribution >= 0.6 is 0 Å². The van der Waals surface area contributed by atoms with Crippen molar-refractivity contribution in [2.24, 2.45) is 0 Å². The summed E-state index contributed by atoms with van der Waals surface area (Å²) < 4.78 is 16.6. The van der Waals surface area contributed by atoms with Crippen molar-refractivity contribution in [3.05, 3.63) is 12.4 Å². The minimum atomic E-state index is -0.496. The number of nitrogens with zero attached hydrogens (tertiary/aromatic N) is 3. The summed E-state index contributed by atoms with van der Waals surface area (Å²) >= 11 is 0. The fourth-order valence-corrected chi connectivity index (χ4v) is 2.31. The van der Waals surface area contributed by atoms with Crippen LogP contribution in [0.1, 0.15) is 40.5 Å². The maximum atomic E-state index is 12.2. The van der Waals surface area contributed by atoms with Gasteiger partial charge >= 0.3 is 6.09 Å². The van der Waals surface area contributed by atoms with E-state index in [1.807, 2.05) is 27.7 Å². The Balaban J connectivity index is 1.93. The van der Waals surface area contributed by atoms with Gasteiger partial charge in [0.05, 0.1) is 19.2 Å². The highest BCUT2D eigenvalue weighted by molar-refractivity contribution is 5.68. The van der Waals surface area contributed by atoms with Crippen LogP contribution in [0.5, 0.6) is 11.8 Å². The molecule has 7 nitrogen and oxygen atoms in total. The van der Waals surface area contributed by atoms with Gasteiger partial charge in [-0.1, -0.05) is 0 Å². The van der Waals surface area contributed by atoms with Gasteiger partial charge in [0.2, 0.25) is 11.8 Å². The van der Waals surface area contributed by atoms with Crippen molar-refractivity contribution in [3.8, 4) is 11.8 Å². The first kappa shape index (κ1) is 17.3. The first-order valence-electron chi connectivity index (χ1n) is 7.97. The highest BCUT2D eigenvalue weighted by Crippen LogP contribution is 2.20. The van der Waals surface area contributed by atoms with Gasteiger partial charge in [-0.25, -0.2) is 14.8 Å². The molecule has 0 aliphatic carbocycles. The summed E-state index contributed by atoms with van der Waals surface area (Å²) in [5.74, 6) is 0.941. The molecule has 1 fully saturated rings. The summed E-state index contributed by atoms with van der Waals surface area (Å²) in [6.45, 7) is 9.18. The van der Waals surface area contributed by atoms with Gasteiger partial charge in [-0.3, -0.25) is 0 Å². The third-order valence-corrected chi connectivity index (χ3v) is 3.23. The Morgan fingerprint density at radius 2 is 2.09 bits per heavy atom. The molecular weight excluding hydrogens is 298 g/mol. The highest BCUT2D eigenvalue weighted by atomic mass is 16.6. The predicted octanol–water partition coefficient (Wildman–Crippen LogP) is 2.65. The van der Waals surface area contributed by atoms with E-state index in [9.17, 15) is 4.79 Å². The average molecular weight is 323 g/mol. The molecule has 1 aliphatic rings. The quantitative estimate of drug-likeness (QED) is 0.848. The summed E-state index contributed by atoms with van der Waals surface area (Å²) in [5, 5.41) is 0. The van der Waals surface area contributed by atoms with Gasteiger partial charge in [-0.05, 0) is 40.5 Å². The molecule has 1 aromatic heterocycles. The molecule has 0 saturated carbocycles. The Morgan fingerprint density at radius 1 is 1.35 bits per heavy atom. The Morgan fingerprint density at radius 3 is 2.78 bits per heavy atom. The average Bonchev–Trinajstić information content (AvgIpc) is 2.46. The number of amides is 1. The first-order valence-corrected chi connectivity index (χ1v) is 7.97. The molecule has 7 heteroatoms. The zero-order valence-electron chi connectivity index (χ0n) is 14.2. The molecule has 0 aromatic carbocycles. The van der Waals surface area contributed by atoms with Crippen LogP contribution in [0.15, 0.2) is 12.4 Å². The number of ether oxygens (including phenoxy) is 3. The Hall–Kier alpha value is -2.05. The Labute approximate surface area is 137 Å². The molecule has 1 atom stereocenters. The summed E-state index contributed by atoms with van der Waals surface area (Å²) in [4.78, 5) is 21.9. The second-order valence-electron chi connectivity index (χ2n) is 6.44. The molecule has 1 aromatic rings. The van der Waals surface area contributed by atoms with Crippen LogP contribution in [0, 0.1) is 0 Å². The van der Waals surface area contributed by atoms with Crippen molar-refractivity contribution in [3.63, 3.8) is 0 Å². The van der Waals surface area contributed by atoms with E-state index >= 15 is 0 Å². The second kappa shape index (κ2) is 7.48. The fourth-order valence-electron chi connectivity index (χ4n) is 2.31. The lowest BCUT2D eigenvalue weighted by Crippen LogP contribution is -2.46. The summed E-state index contributed by atoms with van der Waals surface area (Å²) in [6.07, 6.45) is 2.74. The largest absolute Gasteiger partial charge is 0.478 e. The van der Waals surface area contributed by atoms with Gasteiger partial charge in [0, 0.05) is 6.54 Å². The highest BCUT2D eigenvalue weighted by Gasteiger charge is 2.28. The molecule has 2 heterocycles. The molecule has 0 bridgehead atoms. The molecule has 23 heavy (non-hydrogen) atoms. The molecule has 1 saturated heterocycles. The monoisotopic (exact) mass is 323 g/mol. The number of piperidine rings is 1. The molecule has 2 rings (SSSR count). The summed E-state index contributed by atoms with van der Waals surface area (Å²) in [7, 11) is 0. The fraction of sp³-hybridized carbons (Fsp3) is 0.688. The molecule has 0 N–H and O–H groups in total. The lowest BCUT2D eigenvalue weighted by Gasteiger charge is -2.33. The maximum absolute atomic E-state index is 12.2. The van der Waals surface area contributed by atoms with Gasteiger partial charge in [0.25, 0.3) is 0 Å². The molecule has 0 radical (unpaired) electrons. The van der Waals surface area contributed by atoms with E-state index in [0.717, 1.165) is 12.8 Å². The van der Waals surface area contributed by atoms with E-state index in [0.29, 0.717) is 31.5 Å². The van der Waals surface area contributed by atoms with Crippen LogP contribution in [0.25, 0.3) is 0 Å². The van der Waals surface area contributed by atoms with Gasteiger partial charge in [-0.15, -0.1) is 0 Å². The van der Waals surface area contributed by atoms with Crippen LogP contribution in [-0.4, -0.2) is 52.4 Å². The normalized spacial score (nSPS) is 18.4. The topological polar surface area (TPSA) is 73.8 Å². The van der Waals surface area contributed by atoms with Crippen molar-refractivity contribution >= 4 is 6.09 Å². The van der Waals surface area contributed by atoms with Crippen LogP contribution < -0.4 is 9.47 Å². The smallest absolute Gasteiger partial charge is 0.410 e. The minimum Gasteiger partial charge on any atom is -0.478 e. The van der Waals surface area contributed by atoms with E-state index in [1.54, 1.807) is 11.0 Å². The number of carbonyl (C=O) groups excluding carboxylic acids is 1. The molecule has 1 amide bonds. The predicted molar refractivity (Wildman–Crippen MR) is 84.7 cm³/mol. The van der Waals surface area contributed by atoms with Gasteiger partial charge < -0.3 is 19.1 Å². The van der Waals surface area contributed by atoms with Gasteiger partial charge in [-0.2, -0.15) is 0 Å². The minimum absolute atomic E-state index is 0.111. The SMILES string of the molecule is CCOc1cc(O[C@@H]2CCCN(C(=O)OC(C)(C)C)C2)ncn1. The number of aromatic nitrogens is 2. The lowest BCUT2D eigenvalue weighted by molar-refractivity contribution is 0.00715. The van der Waals surface area contributed by atoms with Crippen molar-refractivity contribution in [2.75, 3.05) is 19.7 Å². The third-order valence-electron chi connectivity index (χ3n) is 3.23.